The highest BCUT2D eigenvalue weighted by molar-refractivity contribution is 7.74. The van der Waals surface area contributed by atoms with E-state index in [1.807, 2.05) is 12.1 Å². The van der Waals surface area contributed by atoms with Crippen LogP contribution in [0.5, 0.6) is 0 Å². The Bertz CT molecular complexity index is 1100. The predicted molar refractivity (Wildman–Crippen MR) is 124 cm³/mol. The number of amides is 1. The molecule has 0 radical (unpaired) electrons. The molecule has 0 aromatic heterocycles. The van der Waals surface area contributed by atoms with E-state index in [0.29, 0.717) is 10.6 Å². The molecular formula is C25H26NO6P. The second-order valence-electron chi connectivity index (χ2n) is 8.17. The van der Waals surface area contributed by atoms with Crippen LogP contribution in [-0.2, 0) is 23.4 Å². The summed E-state index contributed by atoms with van der Waals surface area (Å²) in [4.78, 5) is 27.1. The predicted octanol–water partition coefficient (Wildman–Crippen LogP) is 2.73. The highest BCUT2D eigenvalue weighted by Crippen LogP contribution is 2.55. The van der Waals surface area contributed by atoms with E-state index in [2.05, 4.69) is 6.58 Å². The van der Waals surface area contributed by atoms with E-state index in [1.165, 1.54) is 11.0 Å². The monoisotopic (exact) mass is 467 g/mol. The molecule has 8 heteroatoms. The number of hydrogen-bond acceptors (Lipinski definition) is 6. The topological polar surface area (TPSA) is 93.1 Å². The number of aliphatic hydroxyl groups excluding tert-OH is 1. The number of rotatable bonds is 8. The van der Waals surface area contributed by atoms with Crippen LogP contribution in [0.1, 0.15) is 13.8 Å². The molecule has 1 amide bonds. The molecule has 0 saturated carbocycles. The van der Waals surface area contributed by atoms with E-state index in [1.54, 1.807) is 62.4 Å². The van der Waals surface area contributed by atoms with Gasteiger partial charge < -0.3 is 14.4 Å². The van der Waals surface area contributed by atoms with Crippen LogP contribution in [0.2, 0.25) is 0 Å². The van der Waals surface area contributed by atoms with E-state index in [4.69, 9.17) is 9.26 Å². The third kappa shape index (κ3) is 3.81. The summed E-state index contributed by atoms with van der Waals surface area (Å²) in [7, 11) is -3.69. The molecule has 172 valence electrons. The van der Waals surface area contributed by atoms with Crippen LogP contribution >= 0.6 is 7.37 Å². The minimum absolute atomic E-state index is 0.0500. The summed E-state index contributed by atoms with van der Waals surface area (Å²) in [6.07, 6.45) is 0.519. The van der Waals surface area contributed by atoms with Gasteiger partial charge in [-0.05, 0) is 31.2 Å². The summed E-state index contributed by atoms with van der Waals surface area (Å²) in [6.45, 7) is 6.83. The van der Waals surface area contributed by atoms with Crippen molar-refractivity contribution in [2.45, 2.75) is 26.0 Å². The van der Waals surface area contributed by atoms with Gasteiger partial charge in [-0.3, -0.25) is 14.3 Å². The first-order valence-electron chi connectivity index (χ1n) is 10.8. The number of fused-ring (bicyclic) bond motifs is 1. The van der Waals surface area contributed by atoms with Gasteiger partial charge in [-0.2, -0.15) is 0 Å². The van der Waals surface area contributed by atoms with Crippen LogP contribution in [0.4, 0.5) is 0 Å². The Morgan fingerprint density at radius 3 is 2.18 bits per heavy atom. The van der Waals surface area contributed by atoms with Crippen LogP contribution < -0.4 is 10.6 Å². The number of benzene rings is 2. The van der Waals surface area contributed by atoms with E-state index >= 15 is 0 Å². The van der Waals surface area contributed by atoms with Crippen LogP contribution in [0, 0.1) is 11.8 Å². The van der Waals surface area contributed by atoms with Gasteiger partial charge in [0.15, 0.2) is 5.70 Å². The molecule has 0 aliphatic carbocycles. The fraction of sp³-hybridized carbons (Fsp3) is 0.280. The van der Waals surface area contributed by atoms with Gasteiger partial charge in [0.25, 0.3) is 0 Å². The molecule has 2 heterocycles. The van der Waals surface area contributed by atoms with Crippen LogP contribution in [-0.4, -0.2) is 40.6 Å². The molecule has 1 saturated heterocycles. The lowest BCUT2D eigenvalue weighted by Gasteiger charge is -2.46. The third-order valence-electron chi connectivity index (χ3n) is 6.05. The van der Waals surface area contributed by atoms with Crippen molar-refractivity contribution >= 4 is 29.9 Å². The average Bonchev–Trinajstić information content (AvgIpc) is 3.06. The molecule has 2 aliphatic rings. The molecule has 1 fully saturated rings. The molecule has 2 aromatic rings. The number of hydrogen-bond donors (Lipinski definition) is 1. The second kappa shape index (κ2) is 9.00. The van der Waals surface area contributed by atoms with Crippen molar-refractivity contribution in [3.8, 4) is 0 Å². The van der Waals surface area contributed by atoms with E-state index in [9.17, 15) is 19.3 Å². The Morgan fingerprint density at radius 2 is 1.70 bits per heavy atom. The van der Waals surface area contributed by atoms with Gasteiger partial charge >= 0.3 is 13.3 Å². The molecule has 7 nitrogen and oxygen atoms in total. The maximum atomic E-state index is 14.5. The molecule has 33 heavy (non-hydrogen) atoms. The standard InChI is InChI=1S/C25H26NO6P/c1-4-15-31-25(29)22-23(16(2)21-20(17(3)27)24(28)26(21)22)32-33(30,18-11-7-5-8-12-18)19-13-9-6-10-14-19/h4-14,16-17,20-21,27H,1,15H2,2-3H3. The Kier molecular flexibility index (Phi) is 6.28. The number of aliphatic hydroxyl groups is 1. The number of carbonyl (C=O) groups is 2. The van der Waals surface area contributed by atoms with Crippen molar-refractivity contribution < 1.29 is 28.5 Å². The fourth-order valence-corrected chi connectivity index (χ4v) is 6.64. The largest absolute Gasteiger partial charge is 0.457 e. The molecule has 4 atom stereocenters. The third-order valence-corrected chi connectivity index (χ3v) is 8.46. The fourth-order valence-electron chi connectivity index (χ4n) is 4.48. The van der Waals surface area contributed by atoms with Gasteiger partial charge in [0.2, 0.25) is 5.91 Å². The van der Waals surface area contributed by atoms with Gasteiger partial charge in [0.05, 0.1) is 28.7 Å². The first-order valence-corrected chi connectivity index (χ1v) is 12.4. The first kappa shape index (κ1) is 23.0. The van der Waals surface area contributed by atoms with Gasteiger partial charge in [-0.1, -0.05) is 56.0 Å². The molecule has 2 aliphatic heterocycles. The van der Waals surface area contributed by atoms with Gasteiger partial charge in [0, 0.05) is 5.92 Å². The van der Waals surface area contributed by atoms with E-state index < -0.39 is 37.3 Å². The van der Waals surface area contributed by atoms with Crippen LogP contribution in [0.3, 0.4) is 0 Å². The lowest BCUT2D eigenvalue weighted by atomic mass is 9.79. The summed E-state index contributed by atoms with van der Waals surface area (Å²) in [5.74, 6) is -2.18. The van der Waals surface area contributed by atoms with Crippen molar-refractivity contribution in [1.82, 2.24) is 4.90 Å². The number of carbonyl (C=O) groups excluding carboxylic acids is 2. The molecular weight excluding hydrogens is 441 g/mol. The van der Waals surface area contributed by atoms with Crippen molar-refractivity contribution in [1.29, 1.82) is 0 Å². The molecule has 0 bridgehead atoms. The van der Waals surface area contributed by atoms with Crippen molar-refractivity contribution in [2.24, 2.45) is 11.8 Å². The Labute approximate surface area is 192 Å². The van der Waals surface area contributed by atoms with Crippen molar-refractivity contribution in [3.05, 3.63) is 84.8 Å². The van der Waals surface area contributed by atoms with Gasteiger partial charge in [-0.25, -0.2) is 4.79 Å². The Hall–Kier alpha value is -3.15. The molecule has 1 N–H and O–H groups in total. The van der Waals surface area contributed by atoms with Gasteiger partial charge in [-0.15, -0.1) is 0 Å². The molecule has 4 rings (SSSR count). The highest BCUT2D eigenvalue weighted by atomic mass is 31.2. The van der Waals surface area contributed by atoms with Crippen LogP contribution in [0.25, 0.3) is 0 Å². The summed E-state index contributed by atoms with van der Waals surface area (Å²) >= 11 is 0. The summed E-state index contributed by atoms with van der Waals surface area (Å²) < 4.78 is 26.0. The SMILES string of the molecule is C=CCOC(=O)C1=C(OP(=O)(c2ccccc2)c2ccccc2)C(C)C2C(C(C)O)C(=O)N12. The quantitative estimate of drug-likeness (QED) is 0.278. The minimum Gasteiger partial charge on any atom is -0.457 e. The van der Waals surface area contributed by atoms with Crippen molar-refractivity contribution in [2.75, 3.05) is 6.61 Å². The smallest absolute Gasteiger partial charge is 0.358 e. The lowest BCUT2D eigenvalue weighted by molar-refractivity contribution is -0.164. The lowest BCUT2D eigenvalue weighted by Crippen LogP contribution is -2.63. The van der Waals surface area contributed by atoms with E-state index in [0.717, 1.165) is 0 Å². The summed E-state index contributed by atoms with van der Waals surface area (Å²) in [6, 6.07) is 17.0. The summed E-state index contributed by atoms with van der Waals surface area (Å²) in [5, 5.41) is 11.1. The number of β-lactam (4-membered cyclic amide) rings is 1. The molecule has 2 aromatic carbocycles. The first-order chi connectivity index (χ1) is 15.8. The van der Waals surface area contributed by atoms with Crippen LogP contribution in [0.15, 0.2) is 84.8 Å². The number of esters is 1. The van der Waals surface area contributed by atoms with E-state index in [-0.39, 0.29) is 24.0 Å². The van der Waals surface area contributed by atoms with Crippen molar-refractivity contribution in [3.63, 3.8) is 0 Å². The zero-order chi connectivity index (χ0) is 23.8. The molecule has 0 spiro atoms. The number of ether oxygens (including phenoxy) is 1. The maximum absolute atomic E-state index is 14.5. The Balaban J connectivity index is 1.84. The zero-order valence-electron chi connectivity index (χ0n) is 18.5. The maximum Gasteiger partial charge on any atom is 0.358 e. The highest BCUT2D eigenvalue weighted by Gasteiger charge is 2.61. The normalized spacial score (nSPS) is 22.9. The minimum atomic E-state index is -3.69. The van der Waals surface area contributed by atoms with Gasteiger partial charge in [0.1, 0.15) is 12.4 Å². The zero-order valence-corrected chi connectivity index (χ0v) is 19.4. The Morgan fingerprint density at radius 1 is 1.15 bits per heavy atom. The summed E-state index contributed by atoms with van der Waals surface area (Å²) in [5.41, 5.74) is -0.0664. The molecule has 4 unspecified atom stereocenters. The average molecular weight is 467 g/mol. The number of nitrogens with zero attached hydrogens (tertiary/aromatic N) is 1. The second-order valence-corrected chi connectivity index (χ2v) is 10.5.